The summed E-state index contributed by atoms with van der Waals surface area (Å²) in [7, 11) is 0. The van der Waals surface area contributed by atoms with E-state index in [1.54, 1.807) is 6.07 Å². The van der Waals surface area contributed by atoms with Gasteiger partial charge in [-0.15, -0.1) is 0 Å². The van der Waals surface area contributed by atoms with Crippen LogP contribution in [0.5, 0.6) is 0 Å². The lowest BCUT2D eigenvalue weighted by Crippen LogP contribution is -2.05. The van der Waals surface area contributed by atoms with Crippen molar-refractivity contribution in [3.05, 3.63) is 67.7 Å². The van der Waals surface area contributed by atoms with Crippen molar-refractivity contribution in [2.45, 2.75) is 27.3 Å². The molecule has 0 aromatic heterocycles. The SMILES string of the molecule is Cc1cc(C)c(CNc2cc(Cl)ccc2[N+](=O)[O-])cc1C. The number of nitro benzene ring substituents is 1. The average Bonchev–Trinajstić information content (AvgIpc) is 2.41. The van der Waals surface area contributed by atoms with Gasteiger partial charge in [-0.2, -0.15) is 0 Å². The zero-order valence-corrected chi connectivity index (χ0v) is 13.0. The molecule has 4 nitrogen and oxygen atoms in total. The van der Waals surface area contributed by atoms with Crippen molar-refractivity contribution < 1.29 is 4.92 Å². The van der Waals surface area contributed by atoms with Gasteiger partial charge in [0.1, 0.15) is 5.69 Å². The van der Waals surface area contributed by atoms with Crippen molar-refractivity contribution >= 4 is 23.0 Å². The highest BCUT2D eigenvalue weighted by Crippen LogP contribution is 2.28. The summed E-state index contributed by atoms with van der Waals surface area (Å²) in [6, 6.07) is 8.74. The summed E-state index contributed by atoms with van der Waals surface area (Å²) in [6.07, 6.45) is 0. The zero-order chi connectivity index (χ0) is 15.6. The highest BCUT2D eigenvalue weighted by atomic mass is 35.5. The van der Waals surface area contributed by atoms with Gasteiger partial charge >= 0.3 is 0 Å². The van der Waals surface area contributed by atoms with E-state index >= 15 is 0 Å². The first-order valence-electron chi connectivity index (χ1n) is 6.63. The molecule has 0 heterocycles. The van der Waals surface area contributed by atoms with Crippen molar-refractivity contribution in [2.75, 3.05) is 5.32 Å². The third kappa shape index (κ3) is 3.52. The maximum atomic E-state index is 11.0. The van der Waals surface area contributed by atoms with Gasteiger partial charge < -0.3 is 5.32 Å². The van der Waals surface area contributed by atoms with E-state index in [9.17, 15) is 10.1 Å². The van der Waals surface area contributed by atoms with E-state index in [0.717, 1.165) is 11.1 Å². The number of benzene rings is 2. The molecule has 0 aliphatic rings. The van der Waals surface area contributed by atoms with Crippen LogP contribution in [0.4, 0.5) is 11.4 Å². The van der Waals surface area contributed by atoms with Gasteiger partial charge in [-0.25, -0.2) is 0 Å². The topological polar surface area (TPSA) is 55.2 Å². The van der Waals surface area contributed by atoms with Crippen LogP contribution in [0.25, 0.3) is 0 Å². The van der Waals surface area contributed by atoms with Crippen LogP contribution in [-0.4, -0.2) is 4.92 Å². The molecule has 0 bridgehead atoms. The van der Waals surface area contributed by atoms with Crippen LogP contribution >= 0.6 is 11.6 Å². The van der Waals surface area contributed by atoms with E-state index in [0.29, 0.717) is 17.3 Å². The Morgan fingerprint density at radius 1 is 1.10 bits per heavy atom. The number of anilines is 1. The van der Waals surface area contributed by atoms with Crippen LogP contribution < -0.4 is 5.32 Å². The fraction of sp³-hybridized carbons (Fsp3) is 0.250. The fourth-order valence-corrected chi connectivity index (χ4v) is 2.38. The van der Waals surface area contributed by atoms with Crippen LogP contribution in [0.15, 0.2) is 30.3 Å². The molecule has 1 N–H and O–H groups in total. The summed E-state index contributed by atoms with van der Waals surface area (Å²) in [6.45, 7) is 6.69. The third-order valence-electron chi connectivity index (χ3n) is 3.58. The van der Waals surface area contributed by atoms with E-state index in [1.807, 2.05) is 6.92 Å². The summed E-state index contributed by atoms with van der Waals surface area (Å²) in [5.74, 6) is 0. The first-order valence-corrected chi connectivity index (χ1v) is 7.01. The maximum Gasteiger partial charge on any atom is 0.292 e. The number of aryl methyl sites for hydroxylation is 3. The van der Waals surface area contributed by atoms with Crippen molar-refractivity contribution in [1.82, 2.24) is 0 Å². The molecule has 21 heavy (non-hydrogen) atoms. The van der Waals surface area contributed by atoms with Crippen LogP contribution in [-0.2, 0) is 6.54 Å². The molecule has 0 atom stereocenters. The van der Waals surface area contributed by atoms with Gasteiger partial charge in [0.05, 0.1) is 4.92 Å². The molecule has 0 amide bonds. The van der Waals surface area contributed by atoms with Crippen LogP contribution in [0.2, 0.25) is 5.02 Å². The maximum absolute atomic E-state index is 11.0. The van der Waals surface area contributed by atoms with Crippen molar-refractivity contribution in [1.29, 1.82) is 0 Å². The number of rotatable bonds is 4. The van der Waals surface area contributed by atoms with Crippen molar-refractivity contribution in [3.8, 4) is 0 Å². The van der Waals surface area contributed by atoms with Gasteiger partial charge in [-0.3, -0.25) is 10.1 Å². The first-order chi connectivity index (χ1) is 9.88. The number of halogens is 1. The molecule has 0 fully saturated rings. The summed E-state index contributed by atoms with van der Waals surface area (Å²) in [5, 5.41) is 14.6. The summed E-state index contributed by atoms with van der Waals surface area (Å²) >= 11 is 5.92. The molecule has 0 saturated carbocycles. The van der Waals surface area contributed by atoms with Crippen molar-refractivity contribution in [3.63, 3.8) is 0 Å². The molecule has 110 valence electrons. The van der Waals surface area contributed by atoms with E-state index < -0.39 is 4.92 Å². The number of nitro groups is 1. The van der Waals surface area contributed by atoms with Gasteiger partial charge in [0.25, 0.3) is 5.69 Å². The quantitative estimate of drug-likeness (QED) is 0.653. The molecule has 2 aromatic carbocycles. The Morgan fingerprint density at radius 2 is 1.76 bits per heavy atom. The number of nitrogens with one attached hydrogen (secondary N) is 1. The molecule has 0 saturated heterocycles. The third-order valence-corrected chi connectivity index (χ3v) is 3.81. The first kappa shape index (κ1) is 15.3. The highest BCUT2D eigenvalue weighted by Gasteiger charge is 2.14. The normalized spacial score (nSPS) is 10.5. The second-order valence-electron chi connectivity index (χ2n) is 5.14. The van der Waals surface area contributed by atoms with E-state index in [-0.39, 0.29) is 5.69 Å². The average molecular weight is 305 g/mol. The Hall–Kier alpha value is -2.07. The molecule has 0 aliphatic heterocycles. The lowest BCUT2D eigenvalue weighted by atomic mass is 10.0. The van der Waals surface area contributed by atoms with Crippen LogP contribution in [0.3, 0.4) is 0 Å². The molecule has 5 heteroatoms. The summed E-state index contributed by atoms with van der Waals surface area (Å²) in [4.78, 5) is 10.6. The van der Waals surface area contributed by atoms with Crippen LogP contribution in [0, 0.1) is 30.9 Å². The molecule has 0 unspecified atom stereocenters. The fourth-order valence-electron chi connectivity index (χ4n) is 2.21. The smallest absolute Gasteiger partial charge is 0.292 e. The summed E-state index contributed by atoms with van der Waals surface area (Å²) < 4.78 is 0. The Labute approximate surface area is 128 Å². The molecule has 2 aromatic rings. The second kappa shape index (κ2) is 6.14. The van der Waals surface area contributed by atoms with Gasteiger partial charge in [-0.05, 0) is 55.2 Å². The minimum Gasteiger partial charge on any atom is -0.375 e. The van der Waals surface area contributed by atoms with Gasteiger partial charge in [-0.1, -0.05) is 23.7 Å². The minimum atomic E-state index is -0.411. The molecule has 0 spiro atoms. The zero-order valence-electron chi connectivity index (χ0n) is 12.2. The largest absolute Gasteiger partial charge is 0.375 e. The molecular weight excluding hydrogens is 288 g/mol. The van der Waals surface area contributed by atoms with Gasteiger partial charge in [0.2, 0.25) is 0 Å². The molecular formula is C16H17ClN2O2. The Kier molecular flexibility index (Phi) is 4.48. The van der Waals surface area contributed by atoms with E-state index in [1.165, 1.54) is 23.3 Å². The highest BCUT2D eigenvalue weighted by molar-refractivity contribution is 6.31. The van der Waals surface area contributed by atoms with Gasteiger partial charge in [0.15, 0.2) is 0 Å². The number of nitrogens with zero attached hydrogens (tertiary/aromatic N) is 1. The van der Waals surface area contributed by atoms with E-state index in [4.69, 9.17) is 11.6 Å². The standard InChI is InChI=1S/C16H17ClN2O2/c1-10-6-12(3)13(7-11(10)2)9-18-15-8-14(17)4-5-16(15)19(20)21/h4-8,18H,9H2,1-3H3. The Balaban J connectivity index is 2.26. The molecule has 2 rings (SSSR count). The summed E-state index contributed by atoms with van der Waals surface area (Å²) in [5.41, 5.74) is 5.19. The molecule has 0 radical (unpaired) electrons. The number of hydrogen-bond donors (Lipinski definition) is 1. The predicted molar refractivity (Wildman–Crippen MR) is 86.1 cm³/mol. The Morgan fingerprint density at radius 3 is 2.43 bits per heavy atom. The second-order valence-corrected chi connectivity index (χ2v) is 5.57. The minimum absolute atomic E-state index is 0.0286. The lowest BCUT2D eigenvalue weighted by Gasteiger charge is -2.12. The molecule has 0 aliphatic carbocycles. The Bertz CT molecular complexity index is 699. The van der Waals surface area contributed by atoms with Crippen LogP contribution in [0.1, 0.15) is 22.3 Å². The lowest BCUT2D eigenvalue weighted by molar-refractivity contribution is -0.384. The van der Waals surface area contributed by atoms with Crippen molar-refractivity contribution in [2.24, 2.45) is 0 Å². The predicted octanol–water partition coefficient (Wildman–Crippen LogP) is 4.79. The van der Waals surface area contributed by atoms with Gasteiger partial charge in [0, 0.05) is 17.6 Å². The van der Waals surface area contributed by atoms with E-state index in [2.05, 4.69) is 31.3 Å². The monoisotopic (exact) mass is 304 g/mol. The number of hydrogen-bond acceptors (Lipinski definition) is 3.